The molecule has 92 valence electrons. The molecule has 0 unspecified atom stereocenters. The molecule has 3 rings (SSSR count). The van der Waals surface area contributed by atoms with Gasteiger partial charge in [-0.1, -0.05) is 18.2 Å². The lowest BCUT2D eigenvalue weighted by Gasteiger charge is -1.96. The predicted molar refractivity (Wildman–Crippen MR) is 78.2 cm³/mol. The third-order valence-corrected chi connectivity index (χ3v) is 3.41. The van der Waals surface area contributed by atoms with Crippen LogP contribution in [0.25, 0.3) is 10.6 Å². The molecule has 0 N–H and O–H groups in total. The largest absolute Gasteiger partial charge is 0.245 e. The average Bonchev–Trinajstić information content (AvgIpc) is 3.01. The van der Waals surface area contributed by atoms with E-state index in [-0.39, 0.29) is 0 Å². The molecule has 2 aromatic carbocycles. The van der Waals surface area contributed by atoms with E-state index in [1.54, 1.807) is 11.3 Å². The molecule has 4 heteroatoms. The van der Waals surface area contributed by atoms with E-state index in [0.717, 1.165) is 21.9 Å². The van der Waals surface area contributed by atoms with E-state index < -0.39 is 0 Å². The highest BCUT2D eigenvalue weighted by atomic mass is 32.1. The summed E-state index contributed by atoms with van der Waals surface area (Å²) >= 11 is 1.63. The minimum Gasteiger partial charge on any atom is -0.245 e. The van der Waals surface area contributed by atoms with Crippen LogP contribution in [-0.4, -0.2) is 4.98 Å². The molecule has 0 radical (unpaired) electrons. The summed E-state index contributed by atoms with van der Waals surface area (Å²) in [5.74, 6) is 0. The molecular formula is C15H11N3S. The van der Waals surface area contributed by atoms with E-state index in [2.05, 4.69) is 15.2 Å². The molecule has 0 fully saturated rings. The van der Waals surface area contributed by atoms with Gasteiger partial charge in [-0.2, -0.15) is 10.2 Å². The van der Waals surface area contributed by atoms with Crippen LogP contribution < -0.4 is 0 Å². The first-order valence-corrected chi connectivity index (χ1v) is 6.76. The van der Waals surface area contributed by atoms with Crippen molar-refractivity contribution in [3.63, 3.8) is 0 Å². The second-order valence-corrected chi connectivity index (χ2v) is 4.81. The highest BCUT2D eigenvalue weighted by Gasteiger charge is 1.99. The molecule has 0 saturated heterocycles. The average molecular weight is 265 g/mol. The monoisotopic (exact) mass is 265 g/mol. The molecule has 3 aromatic rings. The lowest BCUT2D eigenvalue weighted by Crippen LogP contribution is -1.73. The zero-order valence-corrected chi connectivity index (χ0v) is 10.9. The van der Waals surface area contributed by atoms with Gasteiger partial charge >= 0.3 is 0 Å². The zero-order valence-electron chi connectivity index (χ0n) is 10.1. The summed E-state index contributed by atoms with van der Waals surface area (Å²) in [6.45, 7) is 0. The number of azo groups is 1. The van der Waals surface area contributed by atoms with E-state index in [1.165, 1.54) is 0 Å². The van der Waals surface area contributed by atoms with Crippen molar-refractivity contribution in [1.82, 2.24) is 4.98 Å². The van der Waals surface area contributed by atoms with Gasteiger partial charge in [0.25, 0.3) is 0 Å². The van der Waals surface area contributed by atoms with E-state index >= 15 is 0 Å². The molecule has 0 aliphatic heterocycles. The number of thiazole rings is 1. The van der Waals surface area contributed by atoms with Gasteiger partial charge in [0.1, 0.15) is 5.01 Å². The van der Waals surface area contributed by atoms with Crippen LogP contribution in [0.4, 0.5) is 11.4 Å². The third kappa shape index (κ3) is 2.92. The molecule has 3 nitrogen and oxygen atoms in total. The van der Waals surface area contributed by atoms with Crippen molar-refractivity contribution in [1.29, 1.82) is 0 Å². The van der Waals surface area contributed by atoms with E-state index in [1.807, 2.05) is 66.2 Å². The van der Waals surface area contributed by atoms with Gasteiger partial charge in [0.05, 0.1) is 11.4 Å². The molecule has 0 aliphatic carbocycles. The predicted octanol–water partition coefficient (Wildman–Crippen LogP) is 5.23. The van der Waals surface area contributed by atoms with Gasteiger partial charge in [0.15, 0.2) is 0 Å². The first-order chi connectivity index (χ1) is 9.42. The summed E-state index contributed by atoms with van der Waals surface area (Å²) in [5.41, 5.74) is 2.80. The minimum atomic E-state index is 0.837. The molecular weight excluding hydrogens is 254 g/mol. The van der Waals surface area contributed by atoms with Crippen LogP contribution >= 0.6 is 11.3 Å². The number of hydrogen-bond donors (Lipinski definition) is 0. The molecule has 0 atom stereocenters. The van der Waals surface area contributed by atoms with Gasteiger partial charge in [-0.05, 0) is 36.4 Å². The third-order valence-electron chi connectivity index (χ3n) is 2.58. The van der Waals surface area contributed by atoms with Gasteiger partial charge < -0.3 is 0 Å². The minimum absolute atomic E-state index is 0.837. The Kier molecular flexibility index (Phi) is 3.42. The summed E-state index contributed by atoms with van der Waals surface area (Å²) in [4.78, 5) is 4.27. The smallest absolute Gasteiger partial charge is 0.123 e. The van der Waals surface area contributed by atoms with E-state index in [0.29, 0.717) is 0 Å². The normalized spacial score (nSPS) is 10.9. The second-order valence-electron chi connectivity index (χ2n) is 3.92. The Morgan fingerprint density at radius 2 is 1.47 bits per heavy atom. The quantitative estimate of drug-likeness (QED) is 0.598. The fourth-order valence-electron chi connectivity index (χ4n) is 1.65. The lowest BCUT2D eigenvalue weighted by molar-refractivity contribution is 1.23. The Labute approximate surface area is 115 Å². The van der Waals surface area contributed by atoms with Crippen molar-refractivity contribution in [2.24, 2.45) is 10.2 Å². The van der Waals surface area contributed by atoms with Crippen LogP contribution in [0.15, 0.2) is 76.4 Å². The molecule has 1 aromatic heterocycles. The first kappa shape index (κ1) is 11.7. The maximum absolute atomic E-state index is 4.27. The highest BCUT2D eigenvalue weighted by molar-refractivity contribution is 7.13. The van der Waals surface area contributed by atoms with Gasteiger partial charge in [-0.25, -0.2) is 4.98 Å². The fourth-order valence-corrected chi connectivity index (χ4v) is 2.29. The Morgan fingerprint density at radius 3 is 2.11 bits per heavy atom. The number of nitrogens with zero attached hydrogens (tertiary/aromatic N) is 3. The van der Waals surface area contributed by atoms with Crippen molar-refractivity contribution in [2.45, 2.75) is 0 Å². The van der Waals surface area contributed by atoms with Gasteiger partial charge in [-0.15, -0.1) is 11.3 Å². The van der Waals surface area contributed by atoms with Crippen molar-refractivity contribution in [3.05, 3.63) is 66.2 Å². The number of hydrogen-bond acceptors (Lipinski definition) is 4. The molecule has 0 aliphatic rings. The fraction of sp³-hybridized carbons (Fsp3) is 0. The van der Waals surface area contributed by atoms with Crippen LogP contribution in [0.3, 0.4) is 0 Å². The Balaban J connectivity index is 1.78. The molecule has 0 bridgehead atoms. The van der Waals surface area contributed by atoms with Crippen molar-refractivity contribution in [2.75, 3.05) is 0 Å². The van der Waals surface area contributed by atoms with Crippen molar-refractivity contribution in [3.8, 4) is 10.6 Å². The topological polar surface area (TPSA) is 37.6 Å². The van der Waals surface area contributed by atoms with Crippen LogP contribution in [-0.2, 0) is 0 Å². The number of rotatable bonds is 3. The molecule has 1 heterocycles. The van der Waals surface area contributed by atoms with E-state index in [4.69, 9.17) is 0 Å². The molecule has 19 heavy (non-hydrogen) atoms. The maximum atomic E-state index is 4.27. The Bertz CT molecular complexity index is 658. The molecule has 0 saturated carbocycles. The summed E-state index contributed by atoms with van der Waals surface area (Å²) < 4.78 is 0. The molecule has 0 spiro atoms. The molecule has 0 amide bonds. The van der Waals surface area contributed by atoms with Crippen LogP contribution in [0.5, 0.6) is 0 Å². The number of benzene rings is 2. The zero-order chi connectivity index (χ0) is 12.9. The van der Waals surface area contributed by atoms with Crippen LogP contribution in [0, 0.1) is 0 Å². The summed E-state index contributed by atoms with van der Waals surface area (Å²) in [6, 6.07) is 17.6. The first-order valence-electron chi connectivity index (χ1n) is 5.88. The Morgan fingerprint density at radius 1 is 0.789 bits per heavy atom. The van der Waals surface area contributed by atoms with Gasteiger partial charge in [0, 0.05) is 17.1 Å². The lowest BCUT2D eigenvalue weighted by atomic mass is 10.2. The van der Waals surface area contributed by atoms with Gasteiger partial charge in [0.2, 0.25) is 0 Å². The van der Waals surface area contributed by atoms with E-state index in [9.17, 15) is 0 Å². The van der Waals surface area contributed by atoms with Crippen molar-refractivity contribution >= 4 is 22.7 Å². The second kappa shape index (κ2) is 5.54. The summed E-state index contributed by atoms with van der Waals surface area (Å²) in [5, 5.41) is 11.4. The highest BCUT2D eigenvalue weighted by Crippen LogP contribution is 2.25. The Hall–Kier alpha value is -2.33. The summed E-state index contributed by atoms with van der Waals surface area (Å²) in [7, 11) is 0. The van der Waals surface area contributed by atoms with Crippen molar-refractivity contribution < 1.29 is 0 Å². The van der Waals surface area contributed by atoms with Crippen LogP contribution in [0.2, 0.25) is 0 Å². The van der Waals surface area contributed by atoms with Gasteiger partial charge in [-0.3, -0.25) is 0 Å². The summed E-state index contributed by atoms with van der Waals surface area (Å²) in [6.07, 6.45) is 1.81. The standard InChI is InChI=1S/C15H11N3S/c1-2-4-13(5-3-1)17-18-14-8-6-12(7-9-14)15-16-10-11-19-15/h1-11H/b18-17+. The number of aromatic nitrogens is 1. The maximum Gasteiger partial charge on any atom is 0.123 e. The van der Waals surface area contributed by atoms with Crippen LogP contribution in [0.1, 0.15) is 0 Å². The SMILES string of the molecule is c1ccc(/N=N/c2ccc(-c3nccs3)cc2)cc1.